The van der Waals surface area contributed by atoms with Gasteiger partial charge in [0.25, 0.3) is 0 Å². The van der Waals surface area contributed by atoms with E-state index in [1.807, 2.05) is 0 Å². The second kappa shape index (κ2) is 10.4. The number of rotatable bonds is 4. The molecule has 0 bridgehead atoms. The fourth-order valence-corrected chi connectivity index (χ4v) is 0.0816. The van der Waals surface area contributed by atoms with Gasteiger partial charge in [0.05, 0.1) is 0 Å². The Morgan fingerprint density at radius 1 is 0.667 bits per heavy atom. The number of hydrogen-bond donors (Lipinski definition) is 4. The van der Waals surface area contributed by atoms with Crippen LogP contribution in [0.3, 0.4) is 0 Å². The summed E-state index contributed by atoms with van der Waals surface area (Å²) < 4.78 is 48.0. The van der Waals surface area contributed by atoms with Gasteiger partial charge in [-0.05, 0) is 0 Å². The molecule has 0 aromatic carbocycles. The van der Waals surface area contributed by atoms with Gasteiger partial charge >= 0.3 is 72.2 Å². The molecule has 0 atom stereocenters. The molecule has 0 spiro atoms. The zero-order valence-electron chi connectivity index (χ0n) is 7.87. The standard InChI is InChI=1S/K.2H2O6S.H/c;2*1-5-7(3,4)6-2;/h;2*1-2H;/q+1;;;-1. The Bertz CT molecular complexity index is 259. The van der Waals surface area contributed by atoms with E-state index in [-0.39, 0.29) is 52.8 Å². The van der Waals surface area contributed by atoms with Crippen molar-refractivity contribution < 1.29 is 108 Å². The predicted molar refractivity (Wildman–Crippen MR) is 33.8 cm³/mol. The molecule has 0 aliphatic heterocycles. The molecule has 0 saturated heterocycles. The summed E-state index contributed by atoms with van der Waals surface area (Å²) in [7, 11) is -9.09. The van der Waals surface area contributed by atoms with Gasteiger partial charge in [-0.15, -0.1) is 0 Å². The largest absolute Gasteiger partial charge is 1.00 e. The van der Waals surface area contributed by atoms with E-state index in [2.05, 4.69) is 17.3 Å². The van der Waals surface area contributed by atoms with Crippen LogP contribution >= 0.6 is 0 Å². The normalized spacial score (nSPS) is 10.9. The molecule has 90 valence electrons. The van der Waals surface area contributed by atoms with Gasteiger partial charge in [-0.25, -0.2) is 21.0 Å². The molecule has 0 amide bonds. The molecule has 0 aromatic heterocycles. The molecule has 0 saturated carbocycles. The van der Waals surface area contributed by atoms with Crippen LogP contribution in [0.2, 0.25) is 0 Å². The van der Waals surface area contributed by atoms with Gasteiger partial charge in [0, 0.05) is 0 Å². The summed E-state index contributed by atoms with van der Waals surface area (Å²) in [5, 5.41) is 28.9. The van der Waals surface area contributed by atoms with Crippen molar-refractivity contribution in [1.29, 1.82) is 0 Å². The molecule has 0 fully saturated rings. The summed E-state index contributed by atoms with van der Waals surface area (Å²) in [4.78, 5) is 0. The Morgan fingerprint density at radius 3 is 0.800 bits per heavy atom. The van der Waals surface area contributed by atoms with E-state index < -0.39 is 20.8 Å². The quantitative estimate of drug-likeness (QED) is 0.222. The van der Waals surface area contributed by atoms with Crippen LogP contribution < -0.4 is 51.4 Å². The van der Waals surface area contributed by atoms with E-state index in [1.54, 1.807) is 0 Å². The molecule has 15 heavy (non-hydrogen) atoms. The third-order valence-corrected chi connectivity index (χ3v) is 1.10. The van der Waals surface area contributed by atoms with Crippen LogP contribution in [0.5, 0.6) is 0 Å². The molecule has 0 aromatic rings. The Morgan fingerprint density at radius 2 is 0.800 bits per heavy atom. The summed E-state index contributed by atoms with van der Waals surface area (Å²) in [5.74, 6) is 0. The van der Waals surface area contributed by atoms with Crippen LogP contribution in [0, 0.1) is 0 Å². The van der Waals surface area contributed by atoms with Crippen molar-refractivity contribution >= 4 is 20.8 Å². The Hall–Kier alpha value is 1.22. The van der Waals surface area contributed by atoms with E-state index in [4.69, 9.17) is 21.0 Å². The van der Waals surface area contributed by atoms with Gasteiger partial charge in [0.1, 0.15) is 0 Å². The van der Waals surface area contributed by atoms with E-state index in [9.17, 15) is 16.8 Å². The molecule has 0 rings (SSSR count). The van der Waals surface area contributed by atoms with Gasteiger partial charge in [-0.1, -0.05) is 17.3 Å². The summed E-state index contributed by atoms with van der Waals surface area (Å²) in [6.45, 7) is 0. The van der Waals surface area contributed by atoms with Gasteiger partial charge in [0.15, 0.2) is 0 Å². The van der Waals surface area contributed by atoms with Crippen molar-refractivity contribution in [1.82, 2.24) is 0 Å². The minimum absolute atomic E-state index is 0. The predicted octanol–water partition coefficient (Wildman–Crippen LogP) is -4.46. The Balaban J connectivity index is -0.0000000800. The first-order valence-electron chi connectivity index (χ1n) is 2.06. The summed E-state index contributed by atoms with van der Waals surface area (Å²) in [6, 6.07) is 0. The van der Waals surface area contributed by atoms with E-state index in [0.29, 0.717) is 0 Å². The van der Waals surface area contributed by atoms with Crippen LogP contribution in [-0.4, -0.2) is 37.9 Å². The minimum atomic E-state index is -4.55. The van der Waals surface area contributed by atoms with Crippen LogP contribution in [0.4, 0.5) is 0 Å². The maximum absolute atomic E-state index is 9.42. The van der Waals surface area contributed by atoms with Gasteiger partial charge < -0.3 is 1.43 Å². The van der Waals surface area contributed by atoms with Gasteiger partial charge in [-0.2, -0.15) is 16.8 Å². The Labute approximate surface area is 127 Å². The molecule has 15 heteroatoms. The van der Waals surface area contributed by atoms with Crippen molar-refractivity contribution in [3.63, 3.8) is 0 Å². The van der Waals surface area contributed by atoms with E-state index >= 15 is 0 Å². The summed E-state index contributed by atoms with van der Waals surface area (Å²) in [6.07, 6.45) is 0. The smallest absolute Gasteiger partial charge is 1.00 e. The van der Waals surface area contributed by atoms with Crippen molar-refractivity contribution in [3.05, 3.63) is 0 Å². The first-order chi connectivity index (χ1) is 6.24. The first kappa shape index (κ1) is 21.5. The topological polar surface area (TPSA) is 186 Å². The van der Waals surface area contributed by atoms with E-state index in [0.717, 1.165) is 0 Å². The van der Waals surface area contributed by atoms with Gasteiger partial charge in [0.2, 0.25) is 0 Å². The molecule has 0 radical (unpaired) electrons. The third-order valence-electron chi connectivity index (χ3n) is 0.365. The summed E-state index contributed by atoms with van der Waals surface area (Å²) >= 11 is 0. The zero-order chi connectivity index (χ0) is 11.8. The number of hydrogen-bond acceptors (Lipinski definition) is 12. The first-order valence-corrected chi connectivity index (χ1v) is 4.73. The molecular weight excluding hydrogens is 295 g/mol. The fraction of sp³-hybridized carbons (Fsp3) is 0. The SMILES string of the molecule is O=S(=O)(OO)OO.O=S(=O)(OO)OO.[H-].[K+]. The van der Waals surface area contributed by atoms with Crippen molar-refractivity contribution in [2.24, 2.45) is 0 Å². The minimum Gasteiger partial charge on any atom is -1.00 e. The molecule has 0 aliphatic carbocycles. The molecular formula is H5KO12S2. The van der Waals surface area contributed by atoms with Crippen molar-refractivity contribution in [2.75, 3.05) is 0 Å². The fourth-order valence-electron chi connectivity index (χ4n) is 0.0272. The zero-order valence-corrected chi connectivity index (χ0v) is 11.6. The Kier molecular flexibility index (Phi) is 14.9. The van der Waals surface area contributed by atoms with Crippen LogP contribution in [0.15, 0.2) is 0 Å². The van der Waals surface area contributed by atoms with Crippen molar-refractivity contribution in [2.45, 2.75) is 0 Å². The molecule has 0 heterocycles. The van der Waals surface area contributed by atoms with Gasteiger partial charge in [-0.3, -0.25) is 0 Å². The molecule has 0 unspecified atom stereocenters. The monoisotopic (exact) mass is 300 g/mol. The maximum atomic E-state index is 9.42. The maximum Gasteiger partial charge on any atom is 1.00 e. The average Bonchev–Trinajstić information content (AvgIpc) is 2.19. The van der Waals surface area contributed by atoms with Crippen LogP contribution in [0.25, 0.3) is 0 Å². The van der Waals surface area contributed by atoms with E-state index in [1.165, 1.54) is 0 Å². The summed E-state index contributed by atoms with van der Waals surface area (Å²) in [5.41, 5.74) is 0. The molecule has 12 nitrogen and oxygen atoms in total. The second-order valence-electron chi connectivity index (χ2n) is 1.11. The van der Waals surface area contributed by atoms with Crippen molar-refractivity contribution in [3.8, 4) is 0 Å². The second-order valence-corrected chi connectivity index (χ2v) is 3.34. The van der Waals surface area contributed by atoms with Crippen LogP contribution in [0.1, 0.15) is 1.43 Å². The molecule has 4 N–H and O–H groups in total. The average molecular weight is 300 g/mol. The third kappa shape index (κ3) is 15.2. The van der Waals surface area contributed by atoms with Crippen LogP contribution in [-0.2, 0) is 38.1 Å². The molecule has 0 aliphatic rings.